The first kappa shape index (κ1) is 25.6. The lowest BCUT2D eigenvalue weighted by atomic mass is 10.0. The summed E-state index contributed by atoms with van der Waals surface area (Å²) in [5, 5.41) is 1.43. The summed E-state index contributed by atoms with van der Waals surface area (Å²) in [4.78, 5) is 23.8. The number of likely N-dealkylation sites (tertiary alicyclic amines) is 1. The normalized spacial score (nSPS) is 13.9. The molecule has 4 rings (SSSR count). The first-order valence-electron chi connectivity index (χ1n) is 12.5. The molecule has 1 aliphatic rings. The lowest BCUT2D eigenvalue weighted by molar-refractivity contribution is 0.0991. The second-order valence-corrected chi connectivity index (χ2v) is 9.38. The SMILES string of the molecule is Cc1cc(C)c(N(Nc2ccc(OCCCN3CCCCC3)c(F)c2)C(=O)c2cncnc2)c(C)c1. The third kappa shape index (κ3) is 6.37. The number of benzene rings is 2. The topological polar surface area (TPSA) is 70.6 Å². The number of aromatic nitrogens is 2. The Balaban J connectivity index is 1.49. The van der Waals surface area contributed by atoms with Gasteiger partial charge >= 0.3 is 0 Å². The quantitative estimate of drug-likeness (QED) is 0.316. The molecule has 0 unspecified atom stereocenters. The van der Waals surface area contributed by atoms with Crippen molar-refractivity contribution >= 4 is 17.3 Å². The van der Waals surface area contributed by atoms with Gasteiger partial charge in [-0.1, -0.05) is 24.1 Å². The molecule has 0 radical (unpaired) electrons. The van der Waals surface area contributed by atoms with Gasteiger partial charge in [0.05, 0.1) is 23.5 Å². The summed E-state index contributed by atoms with van der Waals surface area (Å²) in [7, 11) is 0. The van der Waals surface area contributed by atoms with E-state index in [0.717, 1.165) is 42.7 Å². The van der Waals surface area contributed by atoms with Crippen LogP contribution >= 0.6 is 0 Å². The fourth-order valence-electron chi connectivity index (χ4n) is 4.74. The van der Waals surface area contributed by atoms with Gasteiger partial charge in [0.1, 0.15) is 6.33 Å². The van der Waals surface area contributed by atoms with E-state index in [2.05, 4.69) is 20.3 Å². The van der Waals surface area contributed by atoms with Crippen LogP contribution in [0.2, 0.25) is 0 Å². The number of amides is 1. The van der Waals surface area contributed by atoms with Crippen LogP contribution in [0.1, 0.15) is 52.7 Å². The highest BCUT2D eigenvalue weighted by atomic mass is 19.1. The number of nitrogens with zero attached hydrogens (tertiary/aromatic N) is 4. The first-order valence-corrected chi connectivity index (χ1v) is 12.5. The molecule has 1 N–H and O–H groups in total. The van der Waals surface area contributed by atoms with E-state index >= 15 is 0 Å². The van der Waals surface area contributed by atoms with E-state index in [1.807, 2.05) is 32.9 Å². The minimum absolute atomic E-state index is 0.205. The summed E-state index contributed by atoms with van der Waals surface area (Å²) >= 11 is 0. The van der Waals surface area contributed by atoms with Crippen LogP contribution in [0.4, 0.5) is 15.8 Å². The third-order valence-corrected chi connectivity index (χ3v) is 6.37. The number of nitrogens with one attached hydrogen (secondary N) is 1. The molecule has 1 fully saturated rings. The molecular formula is C28H34FN5O2. The van der Waals surface area contributed by atoms with E-state index in [1.165, 1.54) is 49.1 Å². The van der Waals surface area contributed by atoms with Crippen LogP contribution in [-0.4, -0.2) is 47.0 Å². The summed E-state index contributed by atoms with van der Waals surface area (Å²) < 4.78 is 20.6. The van der Waals surface area contributed by atoms with Crippen molar-refractivity contribution in [2.24, 2.45) is 0 Å². The van der Waals surface area contributed by atoms with Gasteiger partial charge < -0.3 is 9.64 Å². The van der Waals surface area contributed by atoms with E-state index in [0.29, 0.717) is 23.5 Å². The summed E-state index contributed by atoms with van der Waals surface area (Å²) in [6.07, 6.45) is 8.97. The zero-order valence-corrected chi connectivity index (χ0v) is 21.3. The Labute approximate surface area is 212 Å². The second-order valence-electron chi connectivity index (χ2n) is 9.38. The fourth-order valence-corrected chi connectivity index (χ4v) is 4.74. The zero-order valence-electron chi connectivity index (χ0n) is 21.3. The number of hydrazine groups is 1. The van der Waals surface area contributed by atoms with Gasteiger partial charge in [-0.05, 0) is 76.4 Å². The molecule has 1 amide bonds. The van der Waals surface area contributed by atoms with Crippen LogP contribution < -0.4 is 15.2 Å². The van der Waals surface area contributed by atoms with E-state index in [1.54, 1.807) is 12.1 Å². The molecule has 190 valence electrons. The van der Waals surface area contributed by atoms with E-state index in [-0.39, 0.29) is 11.7 Å². The average Bonchev–Trinajstić information content (AvgIpc) is 2.87. The van der Waals surface area contributed by atoms with Crippen molar-refractivity contribution in [1.82, 2.24) is 14.9 Å². The Morgan fingerprint density at radius 3 is 2.42 bits per heavy atom. The molecule has 1 saturated heterocycles. The molecule has 1 aromatic heterocycles. The number of hydrogen-bond donors (Lipinski definition) is 1. The second kappa shape index (κ2) is 11.9. The predicted molar refractivity (Wildman–Crippen MR) is 140 cm³/mol. The molecule has 1 aliphatic heterocycles. The van der Waals surface area contributed by atoms with Gasteiger partial charge in [-0.15, -0.1) is 0 Å². The van der Waals surface area contributed by atoms with Crippen LogP contribution in [0.15, 0.2) is 49.1 Å². The number of anilines is 2. The van der Waals surface area contributed by atoms with Crippen LogP contribution in [0.25, 0.3) is 0 Å². The summed E-state index contributed by atoms with van der Waals surface area (Å²) in [5.74, 6) is -0.619. The van der Waals surface area contributed by atoms with Crippen LogP contribution in [0, 0.1) is 26.6 Å². The minimum atomic E-state index is -0.481. The Bertz CT molecular complexity index is 1160. The van der Waals surface area contributed by atoms with Crippen LogP contribution in [-0.2, 0) is 0 Å². The molecule has 0 bridgehead atoms. The maximum absolute atomic E-state index is 14.9. The number of ether oxygens (including phenoxy) is 1. The number of rotatable bonds is 9. The largest absolute Gasteiger partial charge is 0.490 e. The summed E-state index contributed by atoms with van der Waals surface area (Å²) in [6, 6.07) is 8.67. The molecule has 0 atom stereocenters. The number of carbonyl (C=O) groups is 1. The highest BCUT2D eigenvalue weighted by Gasteiger charge is 2.23. The predicted octanol–water partition coefficient (Wildman–Crippen LogP) is 5.47. The summed E-state index contributed by atoms with van der Waals surface area (Å²) in [6.45, 7) is 9.60. The lowest BCUT2D eigenvalue weighted by Crippen LogP contribution is -2.37. The van der Waals surface area contributed by atoms with Gasteiger partial charge in [0.2, 0.25) is 0 Å². The van der Waals surface area contributed by atoms with Gasteiger partial charge in [0, 0.05) is 25.0 Å². The number of carbonyl (C=O) groups excluding carboxylic acids is 1. The molecule has 7 nitrogen and oxygen atoms in total. The standard InChI is InChI=1S/C28H34FN5O2/c1-20-14-21(2)27(22(3)15-20)34(28(35)23-17-30-19-31-18-23)32-24-8-9-26(25(29)16-24)36-13-7-12-33-10-5-4-6-11-33/h8-9,14-19,32H,4-7,10-13H2,1-3H3. The molecule has 2 heterocycles. The summed E-state index contributed by atoms with van der Waals surface area (Å²) in [5.41, 5.74) is 7.47. The van der Waals surface area contributed by atoms with Crippen LogP contribution in [0.3, 0.4) is 0 Å². The van der Waals surface area contributed by atoms with Crippen molar-refractivity contribution in [1.29, 1.82) is 0 Å². The number of aryl methyl sites for hydroxylation is 3. The van der Waals surface area contributed by atoms with Gasteiger partial charge in [0.25, 0.3) is 5.91 Å². The first-order chi connectivity index (χ1) is 17.4. The molecule has 2 aromatic carbocycles. The Hall–Kier alpha value is -3.52. The van der Waals surface area contributed by atoms with E-state index < -0.39 is 5.82 Å². The molecule has 0 saturated carbocycles. The smallest absolute Gasteiger partial charge is 0.280 e. The molecule has 0 aliphatic carbocycles. The maximum atomic E-state index is 14.9. The van der Waals surface area contributed by atoms with Gasteiger partial charge in [-0.2, -0.15) is 0 Å². The van der Waals surface area contributed by atoms with Crippen molar-refractivity contribution in [2.75, 3.05) is 36.7 Å². The number of piperidine rings is 1. The van der Waals surface area contributed by atoms with Crippen molar-refractivity contribution in [3.63, 3.8) is 0 Å². The molecule has 36 heavy (non-hydrogen) atoms. The van der Waals surface area contributed by atoms with Crippen molar-refractivity contribution < 1.29 is 13.9 Å². The Kier molecular flexibility index (Phi) is 8.48. The number of halogens is 1. The van der Waals surface area contributed by atoms with Gasteiger partial charge in [-0.25, -0.2) is 19.4 Å². The van der Waals surface area contributed by atoms with E-state index in [4.69, 9.17) is 4.74 Å². The Morgan fingerprint density at radius 2 is 1.75 bits per heavy atom. The molecule has 3 aromatic rings. The average molecular weight is 492 g/mol. The number of hydrogen-bond acceptors (Lipinski definition) is 6. The minimum Gasteiger partial charge on any atom is -0.490 e. The fraction of sp³-hybridized carbons (Fsp3) is 0.393. The van der Waals surface area contributed by atoms with Gasteiger partial charge in [-0.3, -0.25) is 10.2 Å². The molecule has 0 spiro atoms. The van der Waals surface area contributed by atoms with Crippen molar-refractivity contribution in [3.8, 4) is 5.75 Å². The molecular weight excluding hydrogens is 457 g/mol. The highest BCUT2D eigenvalue weighted by Crippen LogP contribution is 2.29. The molecule has 8 heteroatoms. The van der Waals surface area contributed by atoms with Crippen molar-refractivity contribution in [3.05, 3.63) is 77.1 Å². The highest BCUT2D eigenvalue weighted by molar-refractivity contribution is 6.07. The zero-order chi connectivity index (χ0) is 25.5. The Morgan fingerprint density at radius 1 is 1.06 bits per heavy atom. The monoisotopic (exact) mass is 491 g/mol. The lowest BCUT2D eigenvalue weighted by Gasteiger charge is -2.28. The third-order valence-electron chi connectivity index (χ3n) is 6.37. The maximum Gasteiger partial charge on any atom is 0.280 e. The van der Waals surface area contributed by atoms with E-state index in [9.17, 15) is 9.18 Å². The van der Waals surface area contributed by atoms with Crippen molar-refractivity contribution in [2.45, 2.75) is 46.5 Å². The van der Waals surface area contributed by atoms with Crippen LogP contribution in [0.5, 0.6) is 5.75 Å². The van der Waals surface area contributed by atoms with Gasteiger partial charge in [0.15, 0.2) is 11.6 Å².